The monoisotopic (exact) mass is 291 g/mol. The van der Waals surface area contributed by atoms with Crippen molar-refractivity contribution in [2.45, 2.75) is 33.3 Å². The van der Waals surface area contributed by atoms with Gasteiger partial charge in [0.2, 0.25) is 0 Å². The van der Waals surface area contributed by atoms with E-state index in [1.807, 2.05) is 31.2 Å². The van der Waals surface area contributed by atoms with Gasteiger partial charge in [0.1, 0.15) is 5.75 Å². The number of aliphatic carboxylic acids is 1. The van der Waals surface area contributed by atoms with Crippen LogP contribution in [0.4, 0.5) is 0 Å². The lowest BCUT2D eigenvalue weighted by Crippen LogP contribution is -2.41. The van der Waals surface area contributed by atoms with E-state index in [2.05, 4.69) is 0 Å². The zero-order chi connectivity index (χ0) is 15.6. The molecular formula is C16H21NO4. The molecule has 5 heteroatoms. The van der Waals surface area contributed by atoms with E-state index in [9.17, 15) is 14.7 Å². The second kappa shape index (κ2) is 5.76. The summed E-state index contributed by atoms with van der Waals surface area (Å²) in [5, 5.41) is 9.21. The van der Waals surface area contributed by atoms with Gasteiger partial charge in [0, 0.05) is 13.1 Å². The predicted octanol–water partition coefficient (Wildman–Crippen LogP) is 2.09. The van der Waals surface area contributed by atoms with Crippen LogP contribution in [0.5, 0.6) is 5.75 Å². The summed E-state index contributed by atoms with van der Waals surface area (Å²) in [6, 6.07) is 7.51. The Labute approximate surface area is 124 Å². The first-order valence-electron chi connectivity index (χ1n) is 7.07. The second-order valence-corrected chi connectivity index (χ2v) is 5.95. The Bertz CT molecular complexity index is 557. The van der Waals surface area contributed by atoms with E-state index in [0.29, 0.717) is 18.7 Å². The van der Waals surface area contributed by atoms with Crippen molar-refractivity contribution < 1.29 is 19.4 Å². The highest BCUT2D eigenvalue weighted by Crippen LogP contribution is 2.30. The van der Waals surface area contributed by atoms with Gasteiger partial charge in [-0.05, 0) is 44.9 Å². The Morgan fingerprint density at radius 1 is 1.43 bits per heavy atom. The van der Waals surface area contributed by atoms with Crippen LogP contribution >= 0.6 is 0 Å². The first-order valence-corrected chi connectivity index (χ1v) is 7.07. The number of carbonyl (C=O) groups excluding carboxylic acids is 1. The number of ether oxygens (including phenoxy) is 1. The first-order chi connectivity index (χ1) is 9.82. The number of aryl methyl sites for hydroxylation is 1. The van der Waals surface area contributed by atoms with Crippen LogP contribution in [0.3, 0.4) is 0 Å². The van der Waals surface area contributed by atoms with Crippen LogP contribution in [0, 0.1) is 12.3 Å². The van der Waals surface area contributed by atoms with Gasteiger partial charge in [0.05, 0.1) is 5.41 Å². The maximum absolute atomic E-state index is 12.4. The van der Waals surface area contributed by atoms with E-state index in [1.54, 1.807) is 18.7 Å². The fraction of sp³-hybridized carbons (Fsp3) is 0.500. The van der Waals surface area contributed by atoms with Gasteiger partial charge < -0.3 is 14.7 Å². The highest BCUT2D eigenvalue weighted by molar-refractivity contribution is 5.83. The summed E-state index contributed by atoms with van der Waals surface area (Å²) < 4.78 is 5.66. The minimum atomic E-state index is -0.856. The lowest BCUT2D eigenvalue weighted by atomic mass is 9.90. The second-order valence-electron chi connectivity index (χ2n) is 5.95. The molecule has 1 saturated heterocycles. The van der Waals surface area contributed by atoms with Crippen molar-refractivity contribution in [2.24, 2.45) is 5.41 Å². The summed E-state index contributed by atoms with van der Waals surface area (Å²) in [5.41, 5.74) is 0.213. The number of rotatable bonds is 4. The van der Waals surface area contributed by atoms with Crippen molar-refractivity contribution in [3.8, 4) is 5.75 Å². The number of carboxylic acid groups (broad SMARTS) is 1. The molecule has 1 fully saturated rings. The average Bonchev–Trinajstić information content (AvgIpc) is 2.82. The van der Waals surface area contributed by atoms with Crippen molar-refractivity contribution >= 4 is 11.9 Å². The van der Waals surface area contributed by atoms with Gasteiger partial charge in [0.25, 0.3) is 5.91 Å². The molecule has 0 aliphatic carbocycles. The van der Waals surface area contributed by atoms with Gasteiger partial charge in [0.15, 0.2) is 6.10 Å². The average molecular weight is 291 g/mol. The van der Waals surface area contributed by atoms with E-state index >= 15 is 0 Å². The fourth-order valence-electron chi connectivity index (χ4n) is 2.52. The molecule has 1 aromatic carbocycles. The molecule has 1 aliphatic rings. The van der Waals surface area contributed by atoms with Crippen LogP contribution in [0.1, 0.15) is 25.8 Å². The Morgan fingerprint density at radius 3 is 2.71 bits per heavy atom. The Balaban J connectivity index is 1.99. The molecule has 0 spiro atoms. The van der Waals surface area contributed by atoms with Crippen LogP contribution < -0.4 is 4.74 Å². The van der Waals surface area contributed by atoms with E-state index in [-0.39, 0.29) is 12.5 Å². The number of carbonyl (C=O) groups is 2. The number of likely N-dealkylation sites (tertiary alicyclic amines) is 1. The van der Waals surface area contributed by atoms with Gasteiger partial charge in [-0.2, -0.15) is 0 Å². The summed E-state index contributed by atoms with van der Waals surface area (Å²) >= 11 is 0. The molecule has 114 valence electrons. The topological polar surface area (TPSA) is 66.8 Å². The molecule has 0 saturated carbocycles. The molecule has 1 aromatic rings. The molecule has 2 unspecified atom stereocenters. The number of hydrogen-bond acceptors (Lipinski definition) is 3. The molecule has 1 aliphatic heterocycles. The molecule has 2 rings (SSSR count). The van der Waals surface area contributed by atoms with Crippen molar-refractivity contribution in [3.05, 3.63) is 29.8 Å². The zero-order valence-electron chi connectivity index (χ0n) is 12.6. The van der Waals surface area contributed by atoms with Gasteiger partial charge in [-0.1, -0.05) is 12.1 Å². The minimum absolute atomic E-state index is 0.165. The molecule has 1 N–H and O–H groups in total. The zero-order valence-corrected chi connectivity index (χ0v) is 12.6. The third kappa shape index (κ3) is 3.35. The summed E-state index contributed by atoms with van der Waals surface area (Å²) in [6.07, 6.45) is -0.145. The molecule has 0 radical (unpaired) electrons. The Kier molecular flexibility index (Phi) is 4.21. The van der Waals surface area contributed by atoms with Crippen LogP contribution in [0.15, 0.2) is 24.3 Å². The highest BCUT2D eigenvalue weighted by Gasteiger charge is 2.43. The van der Waals surface area contributed by atoms with E-state index in [0.717, 1.165) is 5.56 Å². The van der Waals surface area contributed by atoms with Gasteiger partial charge in [-0.3, -0.25) is 9.59 Å². The summed E-state index contributed by atoms with van der Waals surface area (Å²) in [4.78, 5) is 25.2. The maximum Gasteiger partial charge on any atom is 0.311 e. The molecular weight excluding hydrogens is 270 g/mol. The van der Waals surface area contributed by atoms with Gasteiger partial charge in [-0.15, -0.1) is 0 Å². The number of benzene rings is 1. The molecule has 2 atom stereocenters. The van der Waals surface area contributed by atoms with Crippen molar-refractivity contribution in [2.75, 3.05) is 13.1 Å². The normalized spacial score (nSPS) is 22.9. The number of hydrogen-bond donors (Lipinski definition) is 1. The van der Waals surface area contributed by atoms with Crippen molar-refractivity contribution in [1.82, 2.24) is 4.90 Å². The Hall–Kier alpha value is -2.04. The fourth-order valence-corrected chi connectivity index (χ4v) is 2.52. The van der Waals surface area contributed by atoms with Gasteiger partial charge in [-0.25, -0.2) is 0 Å². The molecule has 5 nitrogen and oxygen atoms in total. The van der Waals surface area contributed by atoms with E-state index < -0.39 is 17.5 Å². The minimum Gasteiger partial charge on any atom is -0.481 e. The van der Waals surface area contributed by atoms with Crippen LogP contribution in [-0.2, 0) is 9.59 Å². The van der Waals surface area contributed by atoms with E-state index in [4.69, 9.17) is 4.74 Å². The highest BCUT2D eigenvalue weighted by atomic mass is 16.5. The largest absolute Gasteiger partial charge is 0.481 e. The number of amides is 1. The number of carboxylic acids is 1. The first kappa shape index (κ1) is 15.4. The SMILES string of the molecule is Cc1cccc(OC(C)C(=O)N2CCC(C)(C(=O)O)C2)c1. The summed E-state index contributed by atoms with van der Waals surface area (Å²) in [7, 11) is 0. The Morgan fingerprint density at radius 2 is 2.14 bits per heavy atom. The van der Waals surface area contributed by atoms with Crippen molar-refractivity contribution in [3.63, 3.8) is 0 Å². The lowest BCUT2D eigenvalue weighted by molar-refractivity contribution is -0.147. The standard InChI is InChI=1S/C16H21NO4/c1-11-5-4-6-13(9-11)21-12(2)14(18)17-8-7-16(3,10-17)15(19)20/h4-6,9,12H,7-8,10H2,1-3H3,(H,19,20). The molecule has 0 bridgehead atoms. The quantitative estimate of drug-likeness (QED) is 0.922. The predicted molar refractivity (Wildman–Crippen MR) is 78.2 cm³/mol. The molecule has 1 amide bonds. The third-order valence-electron chi connectivity index (χ3n) is 3.95. The summed E-state index contributed by atoms with van der Waals surface area (Å²) in [5.74, 6) is -0.373. The van der Waals surface area contributed by atoms with Crippen molar-refractivity contribution in [1.29, 1.82) is 0 Å². The lowest BCUT2D eigenvalue weighted by Gasteiger charge is -2.23. The van der Waals surface area contributed by atoms with Crippen LogP contribution in [0.2, 0.25) is 0 Å². The smallest absolute Gasteiger partial charge is 0.311 e. The number of nitrogens with zero attached hydrogens (tertiary/aromatic N) is 1. The third-order valence-corrected chi connectivity index (χ3v) is 3.95. The summed E-state index contributed by atoms with van der Waals surface area (Å²) in [6.45, 7) is 6.03. The van der Waals surface area contributed by atoms with Crippen LogP contribution in [-0.4, -0.2) is 41.1 Å². The molecule has 1 heterocycles. The molecule has 21 heavy (non-hydrogen) atoms. The van der Waals surface area contributed by atoms with Crippen LogP contribution in [0.25, 0.3) is 0 Å². The molecule has 0 aromatic heterocycles. The van der Waals surface area contributed by atoms with E-state index in [1.165, 1.54) is 0 Å². The van der Waals surface area contributed by atoms with Gasteiger partial charge >= 0.3 is 5.97 Å². The maximum atomic E-state index is 12.4.